The molecule has 9 heteroatoms. The van der Waals surface area contributed by atoms with Crippen LogP contribution in [0.4, 0.5) is 0 Å². The van der Waals surface area contributed by atoms with E-state index in [0.717, 1.165) is 34.0 Å². The van der Waals surface area contributed by atoms with Crippen molar-refractivity contribution in [1.82, 2.24) is 15.1 Å². The molecule has 0 saturated heterocycles. The maximum atomic E-state index is 13.7. The quantitative estimate of drug-likeness (QED) is 0.301. The van der Waals surface area contributed by atoms with Crippen molar-refractivity contribution in [1.29, 1.82) is 0 Å². The lowest BCUT2D eigenvalue weighted by Crippen LogP contribution is -2.14. The summed E-state index contributed by atoms with van der Waals surface area (Å²) in [6, 6.07) is 3.66. The Hall–Kier alpha value is -2.52. The highest BCUT2D eigenvalue weighted by Gasteiger charge is 2.38. The van der Waals surface area contributed by atoms with Gasteiger partial charge in [-0.25, -0.2) is 9.78 Å². The fraction of sp³-hybridized carbons (Fsp3) is 0.333. The molecule has 0 spiro atoms. The Balaban J connectivity index is 1.84. The first-order valence-corrected chi connectivity index (χ1v) is 12.0. The summed E-state index contributed by atoms with van der Waals surface area (Å²) in [5.41, 5.74) is 1.62. The average molecular weight is 444 g/mol. The Kier molecular flexibility index (Phi) is 6.01. The van der Waals surface area contributed by atoms with Crippen molar-refractivity contribution in [2.75, 3.05) is 19.1 Å². The predicted molar refractivity (Wildman–Crippen MR) is 115 cm³/mol. The number of ether oxygens (including phenoxy) is 1. The number of imidazole rings is 1. The zero-order valence-corrected chi connectivity index (χ0v) is 18.5. The third-order valence-corrected chi connectivity index (χ3v) is 6.67. The van der Waals surface area contributed by atoms with Gasteiger partial charge in [-0.05, 0) is 44.4 Å². The molecule has 0 unspecified atom stereocenters. The van der Waals surface area contributed by atoms with Gasteiger partial charge in [-0.15, -0.1) is 23.5 Å². The number of carbonyl (C=O) groups is 2. The number of benzene rings is 1. The lowest BCUT2D eigenvalue weighted by atomic mass is 9.98. The second-order valence-corrected chi connectivity index (χ2v) is 8.39. The second kappa shape index (κ2) is 8.69. The van der Waals surface area contributed by atoms with Gasteiger partial charge in [0.25, 0.3) is 0 Å². The van der Waals surface area contributed by atoms with E-state index < -0.39 is 5.97 Å². The fourth-order valence-corrected chi connectivity index (χ4v) is 5.22. The highest BCUT2D eigenvalue weighted by molar-refractivity contribution is 8.01. The Morgan fingerprint density at radius 1 is 1.23 bits per heavy atom. The van der Waals surface area contributed by atoms with Crippen LogP contribution in [-0.2, 0) is 4.74 Å². The number of rotatable bonds is 8. The lowest BCUT2D eigenvalue weighted by Gasteiger charge is -2.14. The Bertz CT molecular complexity index is 1090. The summed E-state index contributed by atoms with van der Waals surface area (Å²) in [6.45, 7) is 1.91. The number of hydrogen-bond donors (Lipinski definition) is 1. The molecule has 0 bridgehead atoms. The van der Waals surface area contributed by atoms with Crippen LogP contribution in [0.5, 0.6) is 0 Å². The molecule has 1 fully saturated rings. The molecule has 4 rings (SSSR count). The molecule has 1 aliphatic carbocycles. The Morgan fingerprint density at radius 3 is 2.60 bits per heavy atom. The Morgan fingerprint density at radius 2 is 2.00 bits per heavy atom. The monoisotopic (exact) mass is 443 g/mol. The van der Waals surface area contributed by atoms with Crippen molar-refractivity contribution in [3.05, 3.63) is 47.1 Å². The summed E-state index contributed by atoms with van der Waals surface area (Å²) in [7, 11) is 0. The van der Waals surface area contributed by atoms with Gasteiger partial charge in [0.05, 0.1) is 6.61 Å². The number of nitrogens with one attached hydrogen (secondary N) is 1. The zero-order valence-electron chi connectivity index (χ0n) is 16.9. The minimum Gasteiger partial charge on any atom is -0.461 e. The van der Waals surface area contributed by atoms with Crippen LogP contribution >= 0.6 is 23.5 Å². The molecule has 0 atom stereocenters. The molecule has 1 aromatic carbocycles. The number of nitrogens with zero attached hydrogens (tertiary/aromatic N) is 2. The van der Waals surface area contributed by atoms with Gasteiger partial charge in [0, 0.05) is 39.2 Å². The molecule has 156 valence electrons. The first-order valence-electron chi connectivity index (χ1n) is 9.56. The smallest absolute Gasteiger partial charge is 0.361 e. The SMILES string of the molecule is CCOC(=O)c1noc(C2CC2)c1C(=O)c1ccc(-c2ncc[nH]2)c(SC)c1SC. The summed E-state index contributed by atoms with van der Waals surface area (Å²) in [5, 5.41) is 3.90. The normalized spacial score (nSPS) is 13.4. The molecule has 0 aliphatic heterocycles. The van der Waals surface area contributed by atoms with Crippen LogP contribution in [0.2, 0.25) is 0 Å². The summed E-state index contributed by atoms with van der Waals surface area (Å²) >= 11 is 3.04. The topological polar surface area (TPSA) is 98.1 Å². The van der Waals surface area contributed by atoms with Crippen molar-refractivity contribution < 1.29 is 18.8 Å². The highest BCUT2D eigenvalue weighted by Crippen LogP contribution is 2.44. The van der Waals surface area contributed by atoms with Gasteiger partial charge in [0.15, 0.2) is 11.5 Å². The molecule has 1 aliphatic rings. The van der Waals surface area contributed by atoms with Gasteiger partial charge < -0.3 is 14.2 Å². The fourth-order valence-electron chi connectivity index (χ4n) is 3.37. The largest absolute Gasteiger partial charge is 0.461 e. The first-order chi connectivity index (χ1) is 14.6. The molecule has 7 nitrogen and oxygen atoms in total. The molecule has 1 N–H and O–H groups in total. The van der Waals surface area contributed by atoms with Crippen LogP contribution in [0.15, 0.2) is 38.8 Å². The lowest BCUT2D eigenvalue weighted by molar-refractivity contribution is 0.0512. The first kappa shape index (κ1) is 20.7. The van der Waals surface area contributed by atoms with Gasteiger partial charge in [-0.1, -0.05) is 5.16 Å². The van der Waals surface area contributed by atoms with E-state index in [1.165, 1.54) is 11.8 Å². The number of carbonyl (C=O) groups excluding carboxylic acids is 2. The Labute approximate surface area is 182 Å². The number of aromatic amines is 1. The minimum atomic E-state index is -0.639. The van der Waals surface area contributed by atoms with Crippen LogP contribution < -0.4 is 0 Å². The second-order valence-electron chi connectivity index (χ2n) is 6.76. The third kappa shape index (κ3) is 3.67. The van der Waals surface area contributed by atoms with Crippen molar-refractivity contribution in [3.8, 4) is 11.4 Å². The van der Waals surface area contributed by atoms with Crippen molar-refractivity contribution in [3.63, 3.8) is 0 Å². The van der Waals surface area contributed by atoms with Crippen LogP contribution in [0.25, 0.3) is 11.4 Å². The van der Waals surface area contributed by atoms with Gasteiger partial charge in [-0.2, -0.15) is 0 Å². The van der Waals surface area contributed by atoms with E-state index in [9.17, 15) is 9.59 Å². The summed E-state index contributed by atoms with van der Waals surface area (Å²) < 4.78 is 10.5. The van der Waals surface area contributed by atoms with E-state index in [1.54, 1.807) is 37.1 Å². The van der Waals surface area contributed by atoms with E-state index in [0.29, 0.717) is 11.3 Å². The van der Waals surface area contributed by atoms with E-state index in [2.05, 4.69) is 15.1 Å². The molecule has 0 radical (unpaired) electrons. The molecule has 3 aromatic rings. The van der Waals surface area contributed by atoms with Gasteiger partial charge >= 0.3 is 5.97 Å². The molecule has 2 heterocycles. The van der Waals surface area contributed by atoms with Crippen LogP contribution in [-0.4, -0.2) is 46.0 Å². The van der Waals surface area contributed by atoms with E-state index in [1.807, 2.05) is 18.6 Å². The minimum absolute atomic E-state index is 0.0448. The molecular formula is C21H21N3O4S2. The standard InChI is InChI=1S/C21H21N3O4S2/c1-4-27-21(26)15-14(17(28-24-15)11-5-6-11)16(25)12-7-8-13(20-22-9-10-23-20)19(30-3)18(12)29-2/h7-11H,4-6H2,1-3H3,(H,22,23). The average Bonchev–Trinajstić information content (AvgIpc) is 3.27. The number of aromatic nitrogens is 3. The number of H-pyrrole nitrogens is 1. The van der Waals surface area contributed by atoms with E-state index in [-0.39, 0.29) is 29.6 Å². The maximum Gasteiger partial charge on any atom is 0.361 e. The summed E-state index contributed by atoms with van der Waals surface area (Å²) in [4.78, 5) is 35.4. The van der Waals surface area contributed by atoms with Crippen molar-refractivity contribution in [2.45, 2.75) is 35.5 Å². The van der Waals surface area contributed by atoms with Gasteiger partial charge in [-0.3, -0.25) is 4.79 Å². The number of hydrogen-bond acceptors (Lipinski definition) is 8. The highest BCUT2D eigenvalue weighted by atomic mass is 32.2. The zero-order chi connectivity index (χ0) is 21.3. The molecular weight excluding hydrogens is 422 g/mol. The third-order valence-electron chi connectivity index (χ3n) is 4.88. The van der Waals surface area contributed by atoms with Gasteiger partial charge in [0.1, 0.15) is 11.4 Å². The van der Waals surface area contributed by atoms with Crippen LogP contribution in [0.3, 0.4) is 0 Å². The number of thioether (sulfide) groups is 2. The molecule has 0 amide bonds. The maximum absolute atomic E-state index is 13.7. The van der Waals surface area contributed by atoms with Crippen molar-refractivity contribution >= 4 is 35.3 Å². The summed E-state index contributed by atoms with van der Waals surface area (Å²) in [5.74, 6) is 0.437. The summed E-state index contributed by atoms with van der Waals surface area (Å²) in [6.07, 6.45) is 9.19. The predicted octanol–water partition coefficient (Wildman–Crippen LogP) is 4.79. The van der Waals surface area contributed by atoms with Crippen LogP contribution in [0.1, 0.15) is 57.9 Å². The van der Waals surface area contributed by atoms with Gasteiger partial charge in [0.2, 0.25) is 5.69 Å². The van der Waals surface area contributed by atoms with Crippen LogP contribution in [0, 0.1) is 0 Å². The molecule has 30 heavy (non-hydrogen) atoms. The molecule has 2 aromatic heterocycles. The van der Waals surface area contributed by atoms with Crippen molar-refractivity contribution in [2.24, 2.45) is 0 Å². The molecule has 1 saturated carbocycles. The van der Waals surface area contributed by atoms with E-state index in [4.69, 9.17) is 9.26 Å². The number of esters is 1. The number of ketones is 1. The van der Waals surface area contributed by atoms with E-state index >= 15 is 0 Å².